The molecule has 1 aliphatic heterocycles. The molecule has 3 atom stereocenters. The van der Waals surface area contributed by atoms with E-state index in [1.54, 1.807) is 11.2 Å². The second-order valence-electron chi connectivity index (χ2n) is 14.4. The summed E-state index contributed by atoms with van der Waals surface area (Å²) in [4.78, 5) is 36.1. The molecule has 2 fully saturated rings. The van der Waals surface area contributed by atoms with E-state index in [4.69, 9.17) is 15.5 Å². The van der Waals surface area contributed by atoms with Gasteiger partial charge in [-0.05, 0) is 48.9 Å². The second-order valence-corrected chi connectivity index (χ2v) is 14.4. The van der Waals surface area contributed by atoms with Gasteiger partial charge in [0.25, 0.3) is 5.91 Å². The Bertz CT molecular complexity index is 1750. The van der Waals surface area contributed by atoms with Gasteiger partial charge in [-0.3, -0.25) is 9.69 Å². The minimum atomic E-state index is -0.936. The molecular weight excluding hydrogens is 624 g/mol. The van der Waals surface area contributed by atoms with Gasteiger partial charge in [0.15, 0.2) is 5.69 Å². The first-order valence-electron chi connectivity index (χ1n) is 17.1. The Morgan fingerprint density at radius 2 is 1.61 bits per heavy atom. The largest absolute Gasteiger partial charge is 0.440 e. The quantitative estimate of drug-likeness (QED) is 0.211. The number of primary amides is 1. The third-order valence-electron chi connectivity index (χ3n) is 10.2. The summed E-state index contributed by atoms with van der Waals surface area (Å²) in [6.07, 6.45) is 4.25. The number of carbonyl (C=O) groups is 2. The minimum Gasteiger partial charge on any atom is -0.440 e. The molecule has 1 aliphatic carbocycles. The zero-order valence-corrected chi connectivity index (χ0v) is 28.4. The lowest BCUT2D eigenvalue weighted by Crippen LogP contribution is -2.56. The van der Waals surface area contributed by atoms with Crippen molar-refractivity contribution in [2.24, 2.45) is 11.1 Å². The highest BCUT2D eigenvalue weighted by Crippen LogP contribution is 2.52. The maximum atomic E-state index is 14.8. The fourth-order valence-corrected chi connectivity index (χ4v) is 7.93. The number of halogens is 2. The van der Waals surface area contributed by atoms with Crippen molar-refractivity contribution >= 4 is 12.0 Å². The summed E-state index contributed by atoms with van der Waals surface area (Å²) in [5.74, 6) is -1.56. The van der Waals surface area contributed by atoms with Crippen LogP contribution in [0.25, 0.3) is 11.3 Å². The molecule has 4 aromatic rings. The van der Waals surface area contributed by atoms with Crippen molar-refractivity contribution in [2.45, 2.75) is 77.1 Å². The van der Waals surface area contributed by atoms with Crippen molar-refractivity contribution < 1.29 is 23.1 Å². The number of rotatable bonds is 8. The molecule has 49 heavy (non-hydrogen) atoms. The molecule has 0 radical (unpaired) electrons. The number of nitrogens with two attached hydrogens (primary N) is 1. The fraction of sp³-hybridized carbons (Fsp3) is 0.410. The summed E-state index contributed by atoms with van der Waals surface area (Å²) in [6, 6.07) is 22.6. The van der Waals surface area contributed by atoms with Crippen molar-refractivity contribution in [3.63, 3.8) is 0 Å². The molecular formula is C39H45F2N5O3. The highest BCUT2D eigenvalue weighted by Gasteiger charge is 2.54. The number of hydrogen-bond acceptors (Lipinski definition) is 5. The molecule has 10 heteroatoms. The van der Waals surface area contributed by atoms with Crippen LogP contribution in [0, 0.1) is 17.0 Å². The molecule has 2 heterocycles. The second kappa shape index (κ2) is 14.1. The fourth-order valence-electron chi connectivity index (χ4n) is 7.93. The number of piperazine rings is 1. The van der Waals surface area contributed by atoms with Gasteiger partial charge >= 0.3 is 6.09 Å². The monoisotopic (exact) mass is 669 g/mol. The van der Waals surface area contributed by atoms with Gasteiger partial charge in [-0.25, -0.2) is 18.6 Å². The maximum absolute atomic E-state index is 14.8. The number of nitrogens with zero attached hydrogens (tertiary/aromatic N) is 4. The van der Waals surface area contributed by atoms with Gasteiger partial charge in [-0.1, -0.05) is 87.9 Å². The molecule has 8 nitrogen and oxygen atoms in total. The first kappa shape index (κ1) is 34.3. The van der Waals surface area contributed by atoms with Gasteiger partial charge in [-0.15, -0.1) is 0 Å². The Hall–Kier alpha value is -4.57. The lowest BCUT2D eigenvalue weighted by molar-refractivity contribution is -0.122. The van der Waals surface area contributed by atoms with E-state index in [-0.39, 0.29) is 30.1 Å². The Morgan fingerprint density at radius 1 is 0.939 bits per heavy atom. The number of amides is 2. The number of ether oxygens (including phenoxy) is 1. The normalized spacial score (nSPS) is 21.8. The van der Waals surface area contributed by atoms with Crippen LogP contribution in [0.3, 0.4) is 0 Å². The zero-order chi connectivity index (χ0) is 34.8. The molecule has 2 aliphatic rings. The molecule has 2 N–H and O–H groups in total. The van der Waals surface area contributed by atoms with Crippen molar-refractivity contribution in [1.82, 2.24) is 19.4 Å². The van der Waals surface area contributed by atoms with Crippen molar-refractivity contribution in [1.29, 1.82) is 0 Å². The van der Waals surface area contributed by atoms with E-state index in [1.165, 1.54) is 12.1 Å². The van der Waals surface area contributed by atoms with E-state index >= 15 is 0 Å². The van der Waals surface area contributed by atoms with Crippen LogP contribution in [0.1, 0.15) is 74.1 Å². The first-order chi connectivity index (χ1) is 23.4. The van der Waals surface area contributed by atoms with Gasteiger partial charge in [0.1, 0.15) is 17.2 Å². The van der Waals surface area contributed by atoms with Crippen LogP contribution < -0.4 is 5.73 Å². The van der Waals surface area contributed by atoms with E-state index in [1.807, 2.05) is 73.9 Å². The summed E-state index contributed by atoms with van der Waals surface area (Å²) in [6.45, 7) is 8.39. The van der Waals surface area contributed by atoms with E-state index in [2.05, 4.69) is 17.0 Å². The molecule has 1 aromatic heterocycles. The maximum Gasteiger partial charge on any atom is 0.405 e. The molecule has 0 spiro atoms. The summed E-state index contributed by atoms with van der Waals surface area (Å²) in [7, 11) is 0. The highest BCUT2D eigenvalue weighted by atomic mass is 19.1. The zero-order valence-electron chi connectivity index (χ0n) is 28.4. The molecule has 258 valence electrons. The van der Waals surface area contributed by atoms with Crippen LogP contribution in [0.5, 0.6) is 0 Å². The average molecular weight is 670 g/mol. The Balaban J connectivity index is 1.41. The van der Waals surface area contributed by atoms with Gasteiger partial charge in [0, 0.05) is 49.3 Å². The van der Waals surface area contributed by atoms with E-state index < -0.39 is 28.7 Å². The highest BCUT2D eigenvalue weighted by molar-refractivity contribution is 5.98. The molecule has 1 unspecified atom stereocenters. The lowest BCUT2D eigenvalue weighted by atomic mass is 9.65. The van der Waals surface area contributed by atoms with Crippen LogP contribution >= 0.6 is 0 Å². The van der Waals surface area contributed by atoms with Gasteiger partial charge in [0.05, 0.1) is 18.1 Å². The first-order valence-corrected chi connectivity index (χ1v) is 17.1. The van der Waals surface area contributed by atoms with Crippen molar-refractivity contribution in [2.75, 3.05) is 19.6 Å². The molecule has 1 saturated carbocycles. The van der Waals surface area contributed by atoms with Crippen LogP contribution in [0.2, 0.25) is 0 Å². The summed E-state index contributed by atoms with van der Waals surface area (Å²) >= 11 is 0. The molecule has 3 aromatic carbocycles. The number of hydrogen-bond donors (Lipinski definition) is 1. The van der Waals surface area contributed by atoms with Gasteiger partial charge < -0.3 is 19.9 Å². The van der Waals surface area contributed by atoms with Crippen LogP contribution in [-0.4, -0.2) is 62.6 Å². The van der Waals surface area contributed by atoms with E-state index in [0.717, 1.165) is 30.0 Å². The van der Waals surface area contributed by atoms with Crippen LogP contribution in [-0.2, 0) is 17.7 Å². The van der Waals surface area contributed by atoms with E-state index in [9.17, 15) is 18.4 Å². The topological polar surface area (TPSA) is 93.7 Å². The Morgan fingerprint density at radius 3 is 2.27 bits per heavy atom. The van der Waals surface area contributed by atoms with Crippen molar-refractivity contribution in [3.05, 3.63) is 114 Å². The molecule has 0 bridgehead atoms. The van der Waals surface area contributed by atoms with Crippen LogP contribution in [0.4, 0.5) is 13.6 Å². The predicted octanol–water partition coefficient (Wildman–Crippen LogP) is 7.39. The smallest absolute Gasteiger partial charge is 0.405 e. The third-order valence-corrected chi connectivity index (χ3v) is 10.2. The van der Waals surface area contributed by atoms with E-state index in [0.29, 0.717) is 50.3 Å². The lowest BCUT2D eigenvalue weighted by Gasteiger charge is -2.51. The summed E-state index contributed by atoms with van der Waals surface area (Å²) in [5, 5.41) is 0. The number of imidazole rings is 1. The van der Waals surface area contributed by atoms with Crippen molar-refractivity contribution in [3.8, 4) is 11.3 Å². The summed E-state index contributed by atoms with van der Waals surface area (Å²) < 4.78 is 36.8. The average Bonchev–Trinajstić information content (AvgIpc) is 3.49. The predicted molar refractivity (Wildman–Crippen MR) is 185 cm³/mol. The van der Waals surface area contributed by atoms with Gasteiger partial charge in [0.2, 0.25) is 0 Å². The Labute approximate surface area is 286 Å². The molecule has 1 saturated heterocycles. The summed E-state index contributed by atoms with van der Waals surface area (Å²) in [5.41, 5.74) is 7.66. The number of carbonyl (C=O) groups excluding carboxylic acids is 2. The van der Waals surface area contributed by atoms with Gasteiger partial charge in [-0.2, -0.15) is 0 Å². The number of benzene rings is 3. The molecule has 2 amide bonds. The minimum absolute atomic E-state index is 0.258. The SMILES string of the molecule is CC(C)(C)[C@@]1(OC(N)=O)CCCC[C@@H]1n1cnc(C(=O)N2CCN(Cc3ccccc3)CC2Cc2cc(F)cc(F)c2)c1-c1ccccc1. The van der Waals surface area contributed by atoms with Crippen LogP contribution in [0.15, 0.2) is 85.2 Å². The third kappa shape index (κ3) is 7.25. The number of aromatic nitrogens is 2. The molecule has 6 rings (SSSR count). The Kier molecular flexibility index (Phi) is 9.88. The standard InChI is InChI=1S/C39H45F2N5O3/c1-38(2,3)39(49-37(42)48)17-11-10-16-33(39)46-26-43-34(35(46)29-14-8-5-9-15-29)36(47)45-19-18-44(24-27-12-6-4-7-13-27)25-32(45)22-28-20-30(40)23-31(41)21-28/h4-9,12-15,20-21,23,26,32-33H,10-11,16-19,22,24-25H2,1-3H3,(H2,42,48)/t32?,33-,39+/m0/s1.